The smallest absolute Gasteiger partial charge is 0.226 e. The first-order chi connectivity index (χ1) is 17.3. The molecule has 0 spiro atoms. The number of nitrogens with zero attached hydrogens (tertiary/aromatic N) is 7. The number of anilines is 4. The van der Waals surface area contributed by atoms with E-state index in [0.29, 0.717) is 62.3 Å². The molecule has 3 fully saturated rings. The minimum atomic E-state index is -3.20. The van der Waals surface area contributed by atoms with Gasteiger partial charge in [-0.1, -0.05) is 0 Å². The molecule has 0 aliphatic carbocycles. The molecule has 0 radical (unpaired) electrons. The molecule has 36 heavy (non-hydrogen) atoms. The first-order valence-corrected chi connectivity index (χ1v) is 14.4. The number of nitrogens with one attached hydrogen (secondary N) is 3. The van der Waals surface area contributed by atoms with E-state index in [-0.39, 0.29) is 6.04 Å². The first-order valence-electron chi connectivity index (χ1n) is 12.6. The molecular weight excluding hydrogens is 480 g/mol. The number of piperidine rings is 1. The van der Waals surface area contributed by atoms with E-state index in [1.807, 2.05) is 19.1 Å². The molecule has 3 saturated heterocycles. The Hall–Kier alpha value is -2.95. The number of hydrogen-bond donors (Lipinski definition) is 3. The van der Waals surface area contributed by atoms with Gasteiger partial charge in [-0.05, 0) is 32.6 Å². The molecule has 0 saturated carbocycles. The summed E-state index contributed by atoms with van der Waals surface area (Å²) >= 11 is 0. The second-order valence-corrected chi connectivity index (χ2v) is 12.0. The van der Waals surface area contributed by atoms with E-state index in [2.05, 4.69) is 36.7 Å². The molecule has 2 aromatic rings. The largest absolute Gasteiger partial charge is 0.354 e. The summed E-state index contributed by atoms with van der Waals surface area (Å²) in [7, 11) is -3.20. The SMILES string of the molecule is Cc1cc(Nc2cc(N3CCN(S(C)(=O)=O)CC3)nc(NC3C[C@H]4CC[C@@H](C3)N4CCC#N)n2)n[nH]1. The molecule has 2 bridgehead atoms. The van der Waals surface area contributed by atoms with Crippen LogP contribution in [0.5, 0.6) is 0 Å². The number of rotatable bonds is 8. The number of piperazine rings is 1. The van der Waals surface area contributed by atoms with E-state index in [9.17, 15) is 8.42 Å². The molecule has 5 rings (SSSR count). The molecule has 12 nitrogen and oxygen atoms in total. The molecule has 194 valence electrons. The Morgan fingerprint density at radius 1 is 1.11 bits per heavy atom. The zero-order chi connectivity index (χ0) is 25.3. The van der Waals surface area contributed by atoms with Gasteiger partial charge in [-0.3, -0.25) is 10.00 Å². The highest BCUT2D eigenvalue weighted by Gasteiger charge is 2.40. The number of aryl methyl sites for hydroxylation is 1. The number of sulfonamides is 1. The summed E-state index contributed by atoms with van der Waals surface area (Å²) in [5.41, 5.74) is 0.945. The summed E-state index contributed by atoms with van der Waals surface area (Å²) in [5, 5.41) is 23.1. The Kier molecular flexibility index (Phi) is 7.00. The van der Waals surface area contributed by atoms with Gasteiger partial charge >= 0.3 is 0 Å². The zero-order valence-corrected chi connectivity index (χ0v) is 21.6. The van der Waals surface area contributed by atoms with Gasteiger partial charge in [0.25, 0.3) is 0 Å². The van der Waals surface area contributed by atoms with Crippen LogP contribution in [0.3, 0.4) is 0 Å². The third kappa shape index (κ3) is 5.55. The molecule has 3 aliphatic heterocycles. The fourth-order valence-corrected chi connectivity index (χ4v) is 6.53. The van der Waals surface area contributed by atoms with Crippen LogP contribution < -0.4 is 15.5 Å². The van der Waals surface area contributed by atoms with Crippen LogP contribution in [-0.2, 0) is 10.0 Å². The highest BCUT2D eigenvalue weighted by atomic mass is 32.2. The van der Waals surface area contributed by atoms with Crippen LogP contribution in [0.15, 0.2) is 12.1 Å². The van der Waals surface area contributed by atoms with E-state index in [1.165, 1.54) is 23.4 Å². The molecule has 3 N–H and O–H groups in total. The monoisotopic (exact) mass is 514 g/mol. The molecule has 3 atom stereocenters. The lowest BCUT2D eigenvalue weighted by Crippen LogP contribution is -2.48. The van der Waals surface area contributed by atoms with Gasteiger partial charge < -0.3 is 15.5 Å². The van der Waals surface area contributed by atoms with Crippen molar-refractivity contribution < 1.29 is 8.42 Å². The number of hydrogen-bond acceptors (Lipinski definition) is 10. The van der Waals surface area contributed by atoms with Crippen molar-refractivity contribution in [3.05, 3.63) is 17.8 Å². The van der Waals surface area contributed by atoms with E-state index < -0.39 is 10.0 Å². The van der Waals surface area contributed by atoms with E-state index >= 15 is 0 Å². The zero-order valence-electron chi connectivity index (χ0n) is 20.8. The molecule has 2 aromatic heterocycles. The molecule has 1 unspecified atom stereocenters. The Bertz CT molecular complexity index is 1200. The van der Waals surface area contributed by atoms with E-state index in [0.717, 1.165) is 30.9 Å². The van der Waals surface area contributed by atoms with Gasteiger partial charge in [0, 0.05) is 75.1 Å². The summed E-state index contributed by atoms with van der Waals surface area (Å²) in [6.07, 6.45) is 6.18. The average molecular weight is 515 g/mol. The molecule has 0 aromatic carbocycles. The van der Waals surface area contributed by atoms with Gasteiger partial charge in [-0.25, -0.2) is 8.42 Å². The summed E-state index contributed by atoms with van der Waals surface area (Å²) < 4.78 is 25.4. The lowest BCUT2D eigenvalue weighted by atomic mass is 9.97. The Morgan fingerprint density at radius 2 is 1.83 bits per heavy atom. The lowest BCUT2D eigenvalue weighted by molar-refractivity contribution is 0.135. The average Bonchev–Trinajstić information content (AvgIpc) is 3.35. The van der Waals surface area contributed by atoms with Gasteiger partial charge in [0.05, 0.1) is 12.3 Å². The third-order valence-corrected chi connectivity index (χ3v) is 8.71. The minimum absolute atomic E-state index is 0.263. The number of fused-ring (bicyclic) bond motifs is 2. The van der Waals surface area contributed by atoms with Crippen molar-refractivity contribution in [2.45, 2.75) is 57.2 Å². The number of aromatic amines is 1. The highest BCUT2D eigenvalue weighted by molar-refractivity contribution is 7.88. The van der Waals surface area contributed by atoms with Gasteiger partial charge in [-0.15, -0.1) is 0 Å². The molecule has 0 amide bonds. The maximum Gasteiger partial charge on any atom is 0.226 e. The first kappa shape index (κ1) is 24.7. The van der Waals surface area contributed by atoms with Crippen LogP contribution >= 0.6 is 0 Å². The molecule has 13 heteroatoms. The number of nitriles is 1. The predicted molar refractivity (Wildman–Crippen MR) is 138 cm³/mol. The van der Waals surface area contributed by atoms with Gasteiger partial charge in [0.2, 0.25) is 16.0 Å². The number of aromatic nitrogens is 4. The van der Waals surface area contributed by atoms with Crippen molar-refractivity contribution in [3.8, 4) is 6.07 Å². The van der Waals surface area contributed by atoms with Crippen molar-refractivity contribution in [3.63, 3.8) is 0 Å². The Labute approximate surface area is 212 Å². The van der Waals surface area contributed by atoms with Gasteiger partial charge in [-0.2, -0.15) is 24.6 Å². The Morgan fingerprint density at radius 3 is 2.44 bits per heavy atom. The summed E-state index contributed by atoms with van der Waals surface area (Å²) in [6.45, 7) is 4.77. The fraction of sp³-hybridized carbons (Fsp3) is 0.652. The van der Waals surface area contributed by atoms with Gasteiger partial charge in [0.1, 0.15) is 11.6 Å². The van der Waals surface area contributed by atoms with Crippen molar-refractivity contribution in [1.82, 2.24) is 29.4 Å². The summed E-state index contributed by atoms with van der Waals surface area (Å²) in [4.78, 5) is 14.2. The molecule has 3 aliphatic rings. The maximum atomic E-state index is 11.9. The molecule has 5 heterocycles. The second-order valence-electron chi connectivity index (χ2n) is 9.99. The minimum Gasteiger partial charge on any atom is -0.354 e. The standard InChI is InChI=1S/C23H34N10O2S/c1-16-12-21(30-29-16)26-20-15-22(31-8-10-32(11-9-31)36(2,34)35)28-23(27-20)25-17-13-18-4-5-19(14-17)33(18)7-3-6-24/h12,15,17-19H,3-5,7-11,13-14H2,1-2H3,(H3,25,26,27,28,29,30)/t17?,18-,19+. The van der Waals surface area contributed by atoms with Crippen LogP contribution in [0.2, 0.25) is 0 Å². The van der Waals surface area contributed by atoms with Gasteiger partial charge in [0.15, 0.2) is 5.82 Å². The normalized spacial score (nSPS) is 25.0. The summed E-state index contributed by atoms with van der Waals surface area (Å²) in [5.74, 6) is 2.62. The lowest BCUT2D eigenvalue weighted by Gasteiger charge is -2.39. The van der Waals surface area contributed by atoms with Crippen molar-refractivity contribution in [2.75, 3.05) is 54.5 Å². The van der Waals surface area contributed by atoms with Crippen molar-refractivity contribution in [1.29, 1.82) is 5.26 Å². The predicted octanol–water partition coefficient (Wildman–Crippen LogP) is 1.65. The Balaban J connectivity index is 1.33. The second kappa shape index (κ2) is 10.2. The highest BCUT2D eigenvalue weighted by Crippen LogP contribution is 2.37. The summed E-state index contributed by atoms with van der Waals surface area (Å²) in [6, 6.07) is 7.32. The van der Waals surface area contributed by atoms with Crippen molar-refractivity contribution >= 4 is 33.4 Å². The van der Waals surface area contributed by atoms with Crippen molar-refractivity contribution in [2.24, 2.45) is 0 Å². The third-order valence-electron chi connectivity index (χ3n) is 7.41. The van der Waals surface area contributed by atoms with E-state index in [4.69, 9.17) is 15.2 Å². The van der Waals surface area contributed by atoms with Crippen LogP contribution in [0.25, 0.3) is 0 Å². The maximum absolute atomic E-state index is 11.9. The quantitative estimate of drug-likeness (QED) is 0.475. The van der Waals surface area contributed by atoms with E-state index in [1.54, 1.807) is 0 Å². The van der Waals surface area contributed by atoms with Crippen LogP contribution in [0.4, 0.5) is 23.4 Å². The number of H-pyrrole nitrogens is 1. The van der Waals surface area contributed by atoms with Crippen LogP contribution in [0, 0.1) is 18.3 Å². The van der Waals surface area contributed by atoms with Crippen LogP contribution in [-0.4, -0.2) is 94.9 Å². The van der Waals surface area contributed by atoms with Crippen LogP contribution in [0.1, 0.15) is 37.8 Å². The topological polar surface area (TPSA) is 146 Å². The fourth-order valence-electron chi connectivity index (χ4n) is 5.71. The molecular formula is C23H34N10O2S.